The van der Waals surface area contributed by atoms with Gasteiger partial charge in [0.25, 0.3) is 0 Å². The molecule has 1 amide bonds. The second-order valence-electron chi connectivity index (χ2n) is 5.18. The molecule has 1 aromatic rings. The third-order valence-electron chi connectivity index (χ3n) is 3.73. The first-order valence-corrected chi connectivity index (χ1v) is 6.68. The van der Waals surface area contributed by atoms with Crippen LogP contribution in [0.15, 0.2) is 18.2 Å². The number of carbonyl (C=O) groups is 1. The van der Waals surface area contributed by atoms with Gasteiger partial charge in [0.1, 0.15) is 0 Å². The largest absolute Gasteiger partial charge is 0.454 e. The average molecular weight is 262 g/mol. The number of rotatable bonds is 2. The molecule has 0 aromatic heterocycles. The van der Waals surface area contributed by atoms with E-state index in [1.807, 2.05) is 12.1 Å². The van der Waals surface area contributed by atoms with E-state index in [1.54, 1.807) is 6.07 Å². The van der Waals surface area contributed by atoms with Crippen LogP contribution in [0, 0.1) is 5.92 Å². The van der Waals surface area contributed by atoms with E-state index in [9.17, 15) is 4.79 Å². The molecule has 1 aromatic carbocycles. The number of benzene rings is 1. The van der Waals surface area contributed by atoms with Gasteiger partial charge in [-0.15, -0.1) is 0 Å². The number of nitrogens with one attached hydrogen (secondary N) is 1. The summed E-state index contributed by atoms with van der Waals surface area (Å²) in [4.78, 5) is 12.2. The average Bonchev–Trinajstić information content (AvgIpc) is 2.86. The second-order valence-corrected chi connectivity index (χ2v) is 5.18. The van der Waals surface area contributed by atoms with Crippen molar-refractivity contribution in [2.45, 2.75) is 31.7 Å². The number of fused-ring (bicyclic) bond motifs is 1. The summed E-state index contributed by atoms with van der Waals surface area (Å²) in [6.45, 7) is 0.240. The van der Waals surface area contributed by atoms with Crippen LogP contribution >= 0.6 is 0 Å². The lowest BCUT2D eigenvalue weighted by molar-refractivity contribution is -0.120. The van der Waals surface area contributed by atoms with Gasteiger partial charge in [0, 0.05) is 23.7 Å². The molecule has 0 bridgehead atoms. The van der Waals surface area contributed by atoms with Crippen molar-refractivity contribution in [1.29, 1.82) is 0 Å². The van der Waals surface area contributed by atoms with E-state index in [0.717, 1.165) is 37.1 Å². The molecule has 3 N–H and O–H groups in total. The fraction of sp³-hybridized carbons (Fsp3) is 0.500. The number of hydrogen-bond acceptors (Lipinski definition) is 4. The maximum atomic E-state index is 12.2. The number of anilines is 1. The maximum Gasteiger partial charge on any atom is 0.231 e. The summed E-state index contributed by atoms with van der Waals surface area (Å²) in [5.41, 5.74) is 6.66. The van der Waals surface area contributed by atoms with Crippen LogP contribution in [-0.4, -0.2) is 18.7 Å². The smallest absolute Gasteiger partial charge is 0.231 e. The molecule has 1 saturated carbocycles. The fourth-order valence-electron chi connectivity index (χ4n) is 2.68. The van der Waals surface area contributed by atoms with E-state index in [2.05, 4.69) is 5.32 Å². The highest BCUT2D eigenvalue weighted by Gasteiger charge is 2.25. The predicted octanol–water partition coefficient (Wildman–Crippen LogP) is 1.87. The highest BCUT2D eigenvalue weighted by molar-refractivity contribution is 5.93. The zero-order chi connectivity index (χ0) is 13.2. The Morgan fingerprint density at radius 3 is 2.95 bits per heavy atom. The Morgan fingerprint density at radius 1 is 1.26 bits per heavy atom. The van der Waals surface area contributed by atoms with E-state index in [-0.39, 0.29) is 24.7 Å². The SMILES string of the molecule is NC1CCCC(C(=O)Nc2ccc3c(c2)OCO3)C1. The van der Waals surface area contributed by atoms with Crippen LogP contribution in [0.25, 0.3) is 0 Å². The lowest BCUT2D eigenvalue weighted by atomic mass is 9.85. The molecule has 0 spiro atoms. The van der Waals surface area contributed by atoms with Gasteiger partial charge in [0.05, 0.1) is 0 Å². The van der Waals surface area contributed by atoms with Crippen molar-refractivity contribution in [2.75, 3.05) is 12.1 Å². The van der Waals surface area contributed by atoms with E-state index in [1.165, 1.54) is 0 Å². The summed E-state index contributed by atoms with van der Waals surface area (Å²) >= 11 is 0. The van der Waals surface area contributed by atoms with Crippen LogP contribution in [0.1, 0.15) is 25.7 Å². The molecule has 2 aliphatic rings. The van der Waals surface area contributed by atoms with Crippen LogP contribution in [-0.2, 0) is 4.79 Å². The molecule has 0 radical (unpaired) electrons. The Balaban J connectivity index is 1.66. The highest BCUT2D eigenvalue weighted by atomic mass is 16.7. The van der Waals surface area contributed by atoms with Gasteiger partial charge >= 0.3 is 0 Å². The van der Waals surface area contributed by atoms with Crippen molar-refractivity contribution in [3.05, 3.63) is 18.2 Å². The van der Waals surface area contributed by atoms with E-state index < -0.39 is 0 Å². The maximum absolute atomic E-state index is 12.2. The topological polar surface area (TPSA) is 73.6 Å². The van der Waals surface area contributed by atoms with Gasteiger partial charge in [0.2, 0.25) is 12.7 Å². The molecule has 102 valence electrons. The Bertz CT molecular complexity index is 490. The molecule has 2 unspecified atom stereocenters. The normalized spacial score (nSPS) is 25.1. The molecule has 1 aliphatic heterocycles. The Hall–Kier alpha value is -1.75. The number of carbonyl (C=O) groups excluding carboxylic acids is 1. The van der Waals surface area contributed by atoms with Crippen molar-refractivity contribution in [1.82, 2.24) is 0 Å². The number of ether oxygens (including phenoxy) is 2. The minimum atomic E-state index is 0.0224. The first kappa shape index (κ1) is 12.3. The number of nitrogens with two attached hydrogens (primary N) is 1. The van der Waals surface area contributed by atoms with Gasteiger partial charge in [-0.25, -0.2) is 0 Å². The van der Waals surface area contributed by atoms with E-state index in [4.69, 9.17) is 15.2 Å². The number of hydrogen-bond donors (Lipinski definition) is 2. The van der Waals surface area contributed by atoms with E-state index >= 15 is 0 Å². The van der Waals surface area contributed by atoms with Crippen molar-refractivity contribution < 1.29 is 14.3 Å². The van der Waals surface area contributed by atoms with Crippen LogP contribution in [0.2, 0.25) is 0 Å². The quantitative estimate of drug-likeness (QED) is 0.853. The lowest BCUT2D eigenvalue weighted by Gasteiger charge is -2.25. The van der Waals surface area contributed by atoms with Gasteiger partial charge in [-0.2, -0.15) is 0 Å². The molecule has 1 fully saturated rings. The summed E-state index contributed by atoms with van der Waals surface area (Å²) in [6, 6.07) is 5.59. The van der Waals surface area contributed by atoms with Crippen LogP contribution in [0.4, 0.5) is 5.69 Å². The van der Waals surface area contributed by atoms with Crippen LogP contribution in [0.3, 0.4) is 0 Å². The van der Waals surface area contributed by atoms with Crippen molar-refractivity contribution in [3.63, 3.8) is 0 Å². The van der Waals surface area contributed by atoms with Crippen molar-refractivity contribution >= 4 is 11.6 Å². The molecule has 1 aliphatic carbocycles. The molecule has 5 heteroatoms. The second kappa shape index (κ2) is 5.09. The summed E-state index contributed by atoms with van der Waals surface area (Å²) in [7, 11) is 0. The van der Waals surface area contributed by atoms with Gasteiger partial charge in [-0.3, -0.25) is 4.79 Å². The monoisotopic (exact) mass is 262 g/mol. The van der Waals surface area contributed by atoms with Gasteiger partial charge in [-0.05, 0) is 31.4 Å². The molecule has 2 atom stereocenters. The summed E-state index contributed by atoms with van der Waals surface area (Å²) in [5, 5.41) is 2.93. The number of amides is 1. The predicted molar refractivity (Wildman–Crippen MR) is 71.1 cm³/mol. The van der Waals surface area contributed by atoms with Crippen molar-refractivity contribution in [2.24, 2.45) is 11.7 Å². The molecular formula is C14H18N2O3. The van der Waals surface area contributed by atoms with Gasteiger partial charge in [0.15, 0.2) is 11.5 Å². The zero-order valence-electron chi connectivity index (χ0n) is 10.7. The molecule has 19 heavy (non-hydrogen) atoms. The first-order chi connectivity index (χ1) is 9.22. The Morgan fingerprint density at radius 2 is 2.11 bits per heavy atom. The third kappa shape index (κ3) is 2.66. The van der Waals surface area contributed by atoms with Crippen molar-refractivity contribution in [3.8, 4) is 11.5 Å². The van der Waals surface area contributed by atoms with Gasteiger partial charge < -0.3 is 20.5 Å². The Labute approximate surface area is 112 Å². The third-order valence-corrected chi connectivity index (χ3v) is 3.73. The first-order valence-electron chi connectivity index (χ1n) is 6.68. The summed E-state index contributed by atoms with van der Waals surface area (Å²) in [6.07, 6.45) is 3.74. The Kier molecular flexibility index (Phi) is 3.29. The highest BCUT2D eigenvalue weighted by Crippen LogP contribution is 2.34. The van der Waals surface area contributed by atoms with E-state index in [0.29, 0.717) is 5.75 Å². The molecule has 5 nitrogen and oxygen atoms in total. The lowest BCUT2D eigenvalue weighted by Crippen LogP contribution is -2.34. The minimum absolute atomic E-state index is 0.0224. The van der Waals surface area contributed by atoms with Crippen LogP contribution in [0.5, 0.6) is 11.5 Å². The standard InChI is InChI=1S/C14H18N2O3/c15-10-3-1-2-9(6-10)14(17)16-11-4-5-12-13(7-11)19-8-18-12/h4-5,7,9-10H,1-3,6,8,15H2,(H,16,17). The molecule has 3 rings (SSSR count). The molecule has 1 heterocycles. The molecular weight excluding hydrogens is 244 g/mol. The van der Waals surface area contributed by atoms with Crippen LogP contribution < -0.4 is 20.5 Å². The minimum Gasteiger partial charge on any atom is -0.454 e. The summed E-state index contributed by atoms with van der Waals surface area (Å²) in [5.74, 6) is 1.47. The fourth-order valence-corrected chi connectivity index (χ4v) is 2.68. The summed E-state index contributed by atoms with van der Waals surface area (Å²) < 4.78 is 10.5. The van der Waals surface area contributed by atoms with Gasteiger partial charge in [-0.1, -0.05) is 6.42 Å². The zero-order valence-corrected chi connectivity index (χ0v) is 10.7. The molecule has 0 saturated heterocycles.